The lowest BCUT2D eigenvalue weighted by molar-refractivity contribution is -0.112. The quantitative estimate of drug-likeness (QED) is 0.145. The molecule has 9 heteroatoms. The molecule has 0 saturated carbocycles. The summed E-state index contributed by atoms with van der Waals surface area (Å²) in [5, 5.41) is 13.6. The average molecular weight is 545 g/mol. The van der Waals surface area contributed by atoms with Crippen LogP contribution in [0.4, 0.5) is 5.13 Å². The van der Waals surface area contributed by atoms with E-state index in [1.54, 1.807) is 37.6 Å². The molecule has 1 N–H and O–H groups in total. The molecule has 6 nitrogen and oxygen atoms in total. The van der Waals surface area contributed by atoms with E-state index in [1.807, 2.05) is 18.2 Å². The Morgan fingerprint density at radius 2 is 2.03 bits per heavy atom. The summed E-state index contributed by atoms with van der Waals surface area (Å²) in [5.74, 6) is 0.625. The highest BCUT2D eigenvalue weighted by atomic mass is 35.5. The number of nitrogens with one attached hydrogen (secondary N) is 1. The highest BCUT2D eigenvalue weighted by Gasteiger charge is 2.14. The highest BCUT2D eigenvalue weighted by Crippen LogP contribution is 2.31. The number of ether oxygens (including phenoxy) is 2. The Hall–Kier alpha value is -3.05. The number of anilines is 1. The van der Waals surface area contributed by atoms with E-state index >= 15 is 0 Å². The summed E-state index contributed by atoms with van der Waals surface area (Å²) in [7, 11) is 1.56. The Morgan fingerprint density at radius 1 is 1.19 bits per heavy atom. The van der Waals surface area contributed by atoms with Crippen LogP contribution in [0.5, 0.6) is 11.5 Å². The third kappa shape index (κ3) is 7.72. The standard InChI is InChI=1S/C27H27Cl2N3O3S/c1-3-4-5-6-12-35-23-11-10-18(14-24(23)34-2)13-20(16-30)26(33)32-27-31-17-21(36-27)15-19-8-7-9-22(28)25(19)29/h7-11,13-14,17H,3-6,12,15H2,1-2H3,(H,31,32,33). The van der Waals surface area contributed by atoms with Gasteiger partial charge in [0.1, 0.15) is 11.6 Å². The van der Waals surface area contributed by atoms with Gasteiger partial charge in [0.25, 0.3) is 5.91 Å². The van der Waals surface area contributed by atoms with Gasteiger partial charge in [0, 0.05) is 17.5 Å². The fourth-order valence-electron chi connectivity index (χ4n) is 3.40. The molecule has 0 spiro atoms. The van der Waals surface area contributed by atoms with Crippen molar-refractivity contribution in [2.75, 3.05) is 19.0 Å². The van der Waals surface area contributed by atoms with Gasteiger partial charge in [0.05, 0.1) is 23.8 Å². The molecule has 0 atom stereocenters. The lowest BCUT2D eigenvalue weighted by Gasteiger charge is -2.11. The summed E-state index contributed by atoms with van der Waals surface area (Å²) in [5.41, 5.74) is 1.46. The van der Waals surface area contributed by atoms with Gasteiger partial charge in [-0.3, -0.25) is 10.1 Å². The van der Waals surface area contributed by atoms with Crippen LogP contribution in [-0.4, -0.2) is 24.6 Å². The number of carbonyl (C=O) groups excluding carboxylic acids is 1. The molecule has 0 aliphatic carbocycles. The third-order valence-corrected chi connectivity index (χ3v) is 7.06. The summed E-state index contributed by atoms with van der Waals surface area (Å²) in [4.78, 5) is 17.9. The first kappa shape index (κ1) is 27.5. The van der Waals surface area contributed by atoms with Crippen molar-refractivity contribution in [3.63, 3.8) is 0 Å². The highest BCUT2D eigenvalue weighted by molar-refractivity contribution is 7.15. The van der Waals surface area contributed by atoms with Crippen molar-refractivity contribution in [1.29, 1.82) is 5.26 Å². The number of unbranched alkanes of at least 4 members (excludes halogenated alkanes) is 3. The van der Waals surface area contributed by atoms with Crippen molar-refractivity contribution in [3.8, 4) is 17.6 Å². The van der Waals surface area contributed by atoms with E-state index in [-0.39, 0.29) is 5.57 Å². The molecule has 3 aromatic rings. The van der Waals surface area contributed by atoms with Gasteiger partial charge < -0.3 is 9.47 Å². The molecule has 3 rings (SSSR count). The van der Waals surface area contributed by atoms with Crippen LogP contribution in [0.1, 0.15) is 48.6 Å². The number of hydrogen-bond acceptors (Lipinski definition) is 6. The molecule has 0 radical (unpaired) electrons. The van der Waals surface area contributed by atoms with Crippen LogP contribution in [0, 0.1) is 11.3 Å². The number of nitriles is 1. The minimum Gasteiger partial charge on any atom is -0.493 e. The number of rotatable bonds is 12. The molecule has 0 bridgehead atoms. The predicted octanol–water partition coefficient (Wildman–Crippen LogP) is 7.55. The first-order valence-electron chi connectivity index (χ1n) is 11.6. The number of carbonyl (C=O) groups is 1. The first-order valence-corrected chi connectivity index (χ1v) is 13.1. The summed E-state index contributed by atoms with van der Waals surface area (Å²) < 4.78 is 11.3. The van der Waals surface area contributed by atoms with Gasteiger partial charge in [0.15, 0.2) is 16.6 Å². The van der Waals surface area contributed by atoms with E-state index in [2.05, 4.69) is 17.2 Å². The molecule has 0 saturated heterocycles. The van der Waals surface area contributed by atoms with Crippen LogP contribution in [0.3, 0.4) is 0 Å². The van der Waals surface area contributed by atoms with Crippen LogP contribution >= 0.6 is 34.5 Å². The van der Waals surface area contributed by atoms with Gasteiger partial charge in [0.2, 0.25) is 0 Å². The molecular weight excluding hydrogens is 517 g/mol. The maximum Gasteiger partial charge on any atom is 0.268 e. The molecule has 1 heterocycles. The molecule has 1 aromatic heterocycles. The van der Waals surface area contributed by atoms with Gasteiger partial charge in [-0.1, -0.05) is 67.6 Å². The molecular formula is C27H27Cl2N3O3S. The summed E-state index contributed by atoms with van der Waals surface area (Å²) in [6, 6.07) is 12.7. The number of amides is 1. The Balaban J connectivity index is 1.66. The molecule has 188 valence electrons. The predicted molar refractivity (Wildman–Crippen MR) is 146 cm³/mol. The number of benzene rings is 2. The SMILES string of the molecule is CCCCCCOc1ccc(C=C(C#N)C(=O)Nc2ncc(Cc3cccc(Cl)c3Cl)s2)cc1OC. The van der Waals surface area contributed by atoms with Gasteiger partial charge in [-0.15, -0.1) is 11.3 Å². The largest absolute Gasteiger partial charge is 0.493 e. The maximum atomic E-state index is 12.7. The first-order chi connectivity index (χ1) is 17.4. The molecule has 1 amide bonds. The summed E-state index contributed by atoms with van der Waals surface area (Å²) in [6.45, 7) is 2.77. The molecule has 0 aliphatic rings. The van der Waals surface area contributed by atoms with E-state index in [9.17, 15) is 10.1 Å². The zero-order valence-corrected chi connectivity index (χ0v) is 22.5. The summed E-state index contributed by atoms with van der Waals surface area (Å²) >= 11 is 13.7. The normalized spacial score (nSPS) is 11.1. The third-order valence-electron chi connectivity index (χ3n) is 5.29. The second-order valence-electron chi connectivity index (χ2n) is 7.96. The van der Waals surface area contributed by atoms with Crippen molar-refractivity contribution in [1.82, 2.24) is 4.98 Å². The van der Waals surface area contributed by atoms with E-state index < -0.39 is 5.91 Å². The maximum absolute atomic E-state index is 12.7. The lowest BCUT2D eigenvalue weighted by Crippen LogP contribution is -2.13. The van der Waals surface area contributed by atoms with E-state index in [0.29, 0.717) is 45.3 Å². The van der Waals surface area contributed by atoms with Crippen LogP contribution < -0.4 is 14.8 Å². The number of aromatic nitrogens is 1. The zero-order chi connectivity index (χ0) is 25.9. The van der Waals surface area contributed by atoms with Gasteiger partial charge in [-0.05, 0) is 41.8 Å². The Labute approximate surface area is 225 Å². The van der Waals surface area contributed by atoms with Gasteiger partial charge in [-0.2, -0.15) is 5.26 Å². The minimum absolute atomic E-state index is 0.0556. The van der Waals surface area contributed by atoms with Gasteiger partial charge in [-0.25, -0.2) is 4.98 Å². The summed E-state index contributed by atoms with van der Waals surface area (Å²) in [6.07, 6.45) is 8.14. The number of methoxy groups -OCH3 is 1. The number of hydrogen-bond donors (Lipinski definition) is 1. The Morgan fingerprint density at radius 3 is 2.78 bits per heavy atom. The zero-order valence-electron chi connectivity index (χ0n) is 20.1. The van der Waals surface area contributed by atoms with Crippen molar-refractivity contribution >= 4 is 51.7 Å². The monoisotopic (exact) mass is 543 g/mol. The molecule has 0 aliphatic heterocycles. The van der Waals surface area contributed by atoms with Crippen molar-refractivity contribution < 1.29 is 14.3 Å². The molecule has 0 fully saturated rings. The molecule has 0 unspecified atom stereocenters. The van der Waals surface area contributed by atoms with Crippen molar-refractivity contribution in [3.05, 3.63) is 74.2 Å². The number of thiazole rings is 1. The smallest absolute Gasteiger partial charge is 0.268 e. The molecule has 36 heavy (non-hydrogen) atoms. The minimum atomic E-state index is -0.547. The van der Waals surface area contributed by atoms with Crippen LogP contribution in [-0.2, 0) is 11.2 Å². The fraction of sp³-hybridized carbons (Fsp3) is 0.296. The average Bonchev–Trinajstić information content (AvgIpc) is 3.32. The van der Waals surface area contributed by atoms with Crippen LogP contribution in [0.2, 0.25) is 10.0 Å². The molecule has 2 aromatic carbocycles. The Kier molecular flexibility index (Phi) is 10.6. The van der Waals surface area contributed by atoms with Crippen LogP contribution in [0.25, 0.3) is 6.08 Å². The van der Waals surface area contributed by atoms with Crippen molar-refractivity contribution in [2.24, 2.45) is 0 Å². The fourth-order valence-corrected chi connectivity index (χ4v) is 4.62. The van der Waals surface area contributed by atoms with E-state index in [4.69, 9.17) is 32.7 Å². The Bertz CT molecular complexity index is 1270. The second kappa shape index (κ2) is 13.9. The number of nitrogens with zero attached hydrogens (tertiary/aromatic N) is 2. The van der Waals surface area contributed by atoms with Crippen LogP contribution in [0.15, 0.2) is 48.2 Å². The van der Waals surface area contributed by atoms with Crippen molar-refractivity contribution in [2.45, 2.75) is 39.0 Å². The second-order valence-corrected chi connectivity index (χ2v) is 9.87. The lowest BCUT2D eigenvalue weighted by atomic mass is 10.1. The van der Waals surface area contributed by atoms with E-state index in [0.717, 1.165) is 23.3 Å². The van der Waals surface area contributed by atoms with E-state index in [1.165, 1.54) is 30.3 Å². The topological polar surface area (TPSA) is 84.2 Å². The number of halogens is 2. The van der Waals surface area contributed by atoms with Gasteiger partial charge >= 0.3 is 0 Å².